The van der Waals surface area contributed by atoms with Gasteiger partial charge in [-0.1, -0.05) is 15.9 Å². The molecule has 0 aliphatic carbocycles. The summed E-state index contributed by atoms with van der Waals surface area (Å²) in [7, 11) is 2.09. The average Bonchev–Trinajstić information content (AvgIpc) is 2.74. The van der Waals surface area contributed by atoms with E-state index in [0.29, 0.717) is 6.04 Å². The van der Waals surface area contributed by atoms with Crippen LogP contribution in [0.2, 0.25) is 0 Å². The van der Waals surface area contributed by atoms with Crippen molar-refractivity contribution in [3.8, 4) is 0 Å². The van der Waals surface area contributed by atoms with E-state index in [2.05, 4.69) is 62.7 Å². The number of rotatable bonds is 3. The Balaban J connectivity index is 2.54. The van der Waals surface area contributed by atoms with Crippen LogP contribution in [0, 0.1) is 0 Å². The Morgan fingerprint density at radius 2 is 2.33 bits per heavy atom. The molecule has 2 aromatic heterocycles. The standard InChI is InChI=1S/C10H14BrN3S/c1-7(2)13(3)9-8(6-11)14-4-5-15-10(14)12-9/h4-5,7H,6H2,1-3H3. The predicted octanol–water partition coefficient (Wildman–Crippen LogP) is 3.14. The van der Waals surface area contributed by atoms with E-state index in [1.54, 1.807) is 11.3 Å². The molecule has 0 bridgehead atoms. The fourth-order valence-corrected chi connectivity index (χ4v) is 2.72. The fourth-order valence-electron chi connectivity index (χ4n) is 1.47. The van der Waals surface area contributed by atoms with Crippen molar-refractivity contribution in [3.05, 3.63) is 17.3 Å². The van der Waals surface area contributed by atoms with Crippen LogP contribution in [0.15, 0.2) is 11.6 Å². The number of hydrogen-bond acceptors (Lipinski definition) is 3. The highest BCUT2D eigenvalue weighted by atomic mass is 79.9. The summed E-state index contributed by atoms with van der Waals surface area (Å²) in [5.41, 5.74) is 1.22. The third kappa shape index (κ3) is 1.78. The molecule has 0 saturated carbocycles. The molecule has 5 heteroatoms. The number of hydrogen-bond donors (Lipinski definition) is 0. The lowest BCUT2D eigenvalue weighted by molar-refractivity contribution is 0.742. The molecule has 15 heavy (non-hydrogen) atoms. The molecular weight excluding hydrogens is 274 g/mol. The second-order valence-electron chi connectivity index (χ2n) is 3.78. The van der Waals surface area contributed by atoms with Gasteiger partial charge in [0.15, 0.2) is 10.8 Å². The highest BCUT2D eigenvalue weighted by molar-refractivity contribution is 9.08. The van der Waals surface area contributed by atoms with Crippen molar-refractivity contribution in [2.75, 3.05) is 11.9 Å². The van der Waals surface area contributed by atoms with E-state index in [0.717, 1.165) is 16.1 Å². The van der Waals surface area contributed by atoms with Crippen LogP contribution in [-0.2, 0) is 5.33 Å². The number of aromatic nitrogens is 2. The van der Waals surface area contributed by atoms with Gasteiger partial charge in [0.1, 0.15) is 0 Å². The van der Waals surface area contributed by atoms with E-state index in [1.807, 2.05) is 0 Å². The monoisotopic (exact) mass is 287 g/mol. The first-order valence-corrected chi connectivity index (χ1v) is 6.88. The zero-order valence-electron chi connectivity index (χ0n) is 9.07. The van der Waals surface area contributed by atoms with Crippen LogP contribution in [-0.4, -0.2) is 22.5 Å². The van der Waals surface area contributed by atoms with Gasteiger partial charge in [0.05, 0.1) is 5.69 Å². The van der Waals surface area contributed by atoms with Crippen LogP contribution in [0.3, 0.4) is 0 Å². The largest absolute Gasteiger partial charge is 0.356 e. The second kappa shape index (κ2) is 4.14. The Hall–Kier alpha value is -0.550. The average molecular weight is 288 g/mol. The quantitative estimate of drug-likeness (QED) is 0.809. The lowest BCUT2D eigenvalue weighted by Crippen LogP contribution is -2.26. The molecule has 2 aromatic rings. The summed E-state index contributed by atoms with van der Waals surface area (Å²) in [6.07, 6.45) is 2.07. The number of alkyl halides is 1. The zero-order valence-corrected chi connectivity index (χ0v) is 11.5. The van der Waals surface area contributed by atoms with Crippen molar-refractivity contribution in [2.24, 2.45) is 0 Å². The topological polar surface area (TPSA) is 20.5 Å². The summed E-state index contributed by atoms with van der Waals surface area (Å²) in [6, 6.07) is 0.465. The third-order valence-electron chi connectivity index (χ3n) is 2.58. The number of imidazole rings is 1. The molecule has 0 amide bonds. The highest BCUT2D eigenvalue weighted by Gasteiger charge is 2.16. The minimum Gasteiger partial charge on any atom is -0.356 e. The van der Waals surface area contributed by atoms with Gasteiger partial charge in [-0.05, 0) is 13.8 Å². The van der Waals surface area contributed by atoms with Gasteiger partial charge < -0.3 is 4.90 Å². The molecule has 3 nitrogen and oxygen atoms in total. The van der Waals surface area contributed by atoms with Gasteiger partial charge in [-0.15, -0.1) is 11.3 Å². The van der Waals surface area contributed by atoms with Crippen LogP contribution >= 0.6 is 27.3 Å². The van der Waals surface area contributed by atoms with Crippen molar-refractivity contribution in [1.82, 2.24) is 9.38 Å². The van der Waals surface area contributed by atoms with Crippen LogP contribution in [0.25, 0.3) is 4.96 Å². The molecule has 0 aromatic carbocycles. The lowest BCUT2D eigenvalue weighted by Gasteiger charge is -2.22. The number of halogens is 1. The van der Waals surface area contributed by atoms with Crippen LogP contribution in [0.1, 0.15) is 19.5 Å². The molecule has 2 rings (SSSR count). The van der Waals surface area contributed by atoms with Crippen molar-refractivity contribution in [1.29, 1.82) is 0 Å². The number of anilines is 1. The summed E-state index contributed by atoms with van der Waals surface area (Å²) >= 11 is 5.20. The normalized spacial score (nSPS) is 11.5. The Kier molecular flexibility index (Phi) is 3.02. The minimum atomic E-state index is 0.465. The molecule has 0 saturated heterocycles. The van der Waals surface area contributed by atoms with Gasteiger partial charge in [0, 0.05) is 30.0 Å². The summed E-state index contributed by atoms with van der Waals surface area (Å²) in [5.74, 6) is 1.08. The molecule has 0 unspecified atom stereocenters. The van der Waals surface area contributed by atoms with Gasteiger partial charge in [-0.2, -0.15) is 0 Å². The van der Waals surface area contributed by atoms with Crippen LogP contribution < -0.4 is 4.90 Å². The fraction of sp³-hybridized carbons (Fsp3) is 0.500. The SMILES string of the molecule is CC(C)N(C)c1nc2sccn2c1CBr. The first kappa shape index (κ1) is 11.0. The Bertz CT molecular complexity index is 460. The zero-order chi connectivity index (χ0) is 11.0. The first-order valence-electron chi connectivity index (χ1n) is 4.88. The molecular formula is C10H14BrN3S. The van der Waals surface area contributed by atoms with E-state index in [-0.39, 0.29) is 0 Å². The number of fused-ring (bicyclic) bond motifs is 1. The van der Waals surface area contributed by atoms with Gasteiger partial charge in [0.25, 0.3) is 0 Å². The van der Waals surface area contributed by atoms with Crippen LogP contribution in [0.4, 0.5) is 5.82 Å². The summed E-state index contributed by atoms with van der Waals surface area (Å²) in [4.78, 5) is 7.91. The molecule has 0 aliphatic heterocycles. The lowest BCUT2D eigenvalue weighted by atomic mass is 10.3. The molecule has 0 atom stereocenters. The summed E-state index contributed by atoms with van der Waals surface area (Å²) < 4.78 is 2.15. The van der Waals surface area contributed by atoms with Crippen molar-refractivity contribution in [3.63, 3.8) is 0 Å². The molecule has 0 N–H and O–H groups in total. The molecule has 2 heterocycles. The first-order chi connectivity index (χ1) is 7.15. The summed E-state index contributed by atoms with van der Waals surface area (Å²) in [5, 5.41) is 2.89. The molecule has 82 valence electrons. The molecule has 0 aliphatic rings. The maximum Gasteiger partial charge on any atom is 0.195 e. The Morgan fingerprint density at radius 1 is 1.60 bits per heavy atom. The van der Waals surface area contributed by atoms with E-state index in [4.69, 9.17) is 0 Å². The van der Waals surface area contributed by atoms with Crippen molar-refractivity contribution in [2.45, 2.75) is 25.2 Å². The Labute approximate surface area is 102 Å². The van der Waals surface area contributed by atoms with Crippen LogP contribution in [0.5, 0.6) is 0 Å². The number of thiazole rings is 1. The van der Waals surface area contributed by atoms with E-state index in [1.165, 1.54) is 5.69 Å². The third-order valence-corrected chi connectivity index (χ3v) is 3.86. The van der Waals surface area contributed by atoms with Gasteiger partial charge in [0.2, 0.25) is 0 Å². The second-order valence-corrected chi connectivity index (χ2v) is 5.21. The van der Waals surface area contributed by atoms with E-state index < -0.39 is 0 Å². The Morgan fingerprint density at radius 3 is 2.93 bits per heavy atom. The maximum absolute atomic E-state index is 4.64. The van der Waals surface area contributed by atoms with Gasteiger partial charge >= 0.3 is 0 Å². The van der Waals surface area contributed by atoms with Crippen molar-refractivity contribution >= 4 is 38.0 Å². The minimum absolute atomic E-state index is 0.465. The van der Waals surface area contributed by atoms with Gasteiger partial charge in [-0.3, -0.25) is 4.40 Å². The van der Waals surface area contributed by atoms with Crippen molar-refractivity contribution < 1.29 is 0 Å². The maximum atomic E-state index is 4.64. The smallest absolute Gasteiger partial charge is 0.195 e. The van der Waals surface area contributed by atoms with E-state index in [9.17, 15) is 0 Å². The molecule has 0 spiro atoms. The summed E-state index contributed by atoms with van der Waals surface area (Å²) in [6.45, 7) is 4.34. The predicted molar refractivity (Wildman–Crippen MR) is 69.2 cm³/mol. The van der Waals surface area contributed by atoms with Gasteiger partial charge in [-0.25, -0.2) is 4.98 Å². The van der Waals surface area contributed by atoms with E-state index >= 15 is 0 Å². The highest BCUT2D eigenvalue weighted by Crippen LogP contribution is 2.26. The molecule has 0 fully saturated rings. The number of nitrogens with zero attached hydrogens (tertiary/aromatic N) is 3. The molecule has 0 radical (unpaired) electrons.